The first-order valence-corrected chi connectivity index (χ1v) is 9.76. The van der Waals surface area contributed by atoms with E-state index in [0.29, 0.717) is 19.0 Å². The van der Waals surface area contributed by atoms with Crippen molar-refractivity contribution in [2.24, 2.45) is 0 Å². The summed E-state index contributed by atoms with van der Waals surface area (Å²) in [4.78, 5) is 25.9. The number of carbonyl (C=O) groups is 2. The summed E-state index contributed by atoms with van der Waals surface area (Å²) >= 11 is 5.95. The Kier molecular flexibility index (Phi) is 5.88. The molecule has 5 nitrogen and oxygen atoms in total. The molecule has 1 saturated carbocycles. The van der Waals surface area contributed by atoms with Gasteiger partial charge in [-0.25, -0.2) is 0 Å². The molecule has 3 rings (SSSR count). The minimum atomic E-state index is -0.0718. The molecule has 1 aliphatic heterocycles. The summed E-state index contributed by atoms with van der Waals surface area (Å²) < 4.78 is 0. The predicted octanol–water partition coefficient (Wildman–Crippen LogP) is 2.52. The number of carbonyl (C=O) groups excluding carboxylic acids is 2. The molecular formula is C20H28ClN3O2. The van der Waals surface area contributed by atoms with E-state index in [1.165, 1.54) is 12.5 Å². The van der Waals surface area contributed by atoms with E-state index in [0.717, 1.165) is 37.1 Å². The standard InChI is InChI=1S/C20H28ClN3O2/c1-14(25)22-13-18-8-7-17(24(18)2)11-19(26)23-20(9-10-20)12-15-3-5-16(21)6-4-15/h3-6,17-18H,7-13H2,1-2H3,(H,22,25)(H,23,26)/t17-,18+/m0/s1. The molecule has 1 aromatic rings. The Morgan fingerprint density at radius 1 is 1.19 bits per heavy atom. The van der Waals surface area contributed by atoms with Crippen LogP contribution in [0.3, 0.4) is 0 Å². The van der Waals surface area contributed by atoms with Gasteiger partial charge < -0.3 is 10.6 Å². The lowest BCUT2D eigenvalue weighted by molar-refractivity contribution is -0.123. The van der Waals surface area contributed by atoms with Crippen molar-refractivity contribution in [2.75, 3.05) is 13.6 Å². The maximum absolute atomic E-state index is 12.6. The van der Waals surface area contributed by atoms with Crippen LogP contribution in [0.25, 0.3) is 0 Å². The molecule has 1 aromatic carbocycles. The smallest absolute Gasteiger partial charge is 0.222 e. The van der Waals surface area contributed by atoms with E-state index < -0.39 is 0 Å². The summed E-state index contributed by atoms with van der Waals surface area (Å²) in [7, 11) is 2.05. The van der Waals surface area contributed by atoms with Gasteiger partial charge in [0.05, 0.1) is 0 Å². The van der Waals surface area contributed by atoms with E-state index in [2.05, 4.69) is 22.6 Å². The topological polar surface area (TPSA) is 61.4 Å². The highest BCUT2D eigenvalue weighted by Crippen LogP contribution is 2.39. The van der Waals surface area contributed by atoms with Crippen molar-refractivity contribution in [2.45, 2.75) is 63.1 Å². The number of likely N-dealkylation sites (tertiary alicyclic amines) is 1. The lowest BCUT2D eigenvalue weighted by atomic mass is 10.0. The third-order valence-electron chi connectivity index (χ3n) is 5.71. The molecule has 26 heavy (non-hydrogen) atoms. The van der Waals surface area contributed by atoms with Gasteiger partial charge in [-0.1, -0.05) is 23.7 Å². The van der Waals surface area contributed by atoms with Crippen LogP contribution in [-0.4, -0.2) is 47.9 Å². The lowest BCUT2D eigenvalue weighted by Gasteiger charge is -2.26. The molecule has 1 saturated heterocycles. The molecule has 2 fully saturated rings. The van der Waals surface area contributed by atoms with Crippen LogP contribution in [-0.2, 0) is 16.0 Å². The summed E-state index contributed by atoms with van der Waals surface area (Å²) in [6.45, 7) is 2.19. The monoisotopic (exact) mass is 377 g/mol. The van der Waals surface area contributed by atoms with Crippen LogP contribution in [0.1, 0.15) is 44.6 Å². The van der Waals surface area contributed by atoms with E-state index >= 15 is 0 Å². The van der Waals surface area contributed by atoms with Crippen LogP contribution >= 0.6 is 11.6 Å². The molecule has 1 aliphatic carbocycles. The zero-order chi connectivity index (χ0) is 18.7. The van der Waals surface area contributed by atoms with Gasteiger partial charge in [-0.15, -0.1) is 0 Å². The first kappa shape index (κ1) is 19.2. The number of likely N-dealkylation sites (N-methyl/N-ethyl adjacent to an activating group) is 1. The van der Waals surface area contributed by atoms with Crippen LogP contribution in [0.15, 0.2) is 24.3 Å². The van der Waals surface area contributed by atoms with Crippen molar-refractivity contribution in [3.05, 3.63) is 34.9 Å². The van der Waals surface area contributed by atoms with Crippen LogP contribution in [0, 0.1) is 0 Å². The molecule has 0 unspecified atom stereocenters. The van der Waals surface area contributed by atoms with Crippen molar-refractivity contribution in [1.29, 1.82) is 0 Å². The summed E-state index contributed by atoms with van der Waals surface area (Å²) in [5, 5.41) is 6.89. The fourth-order valence-electron chi connectivity index (χ4n) is 3.89. The number of nitrogens with one attached hydrogen (secondary N) is 2. The summed E-state index contributed by atoms with van der Waals surface area (Å²) in [6, 6.07) is 8.44. The number of benzene rings is 1. The van der Waals surface area contributed by atoms with E-state index in [9.17, 15) is 9.59 Å². The third kappa shape index (κ3) is 4.98. The second-order valence-electron chi connectivity index (χ2n) is 7.82. The average Bonchev–Trinajstić information content (AvgIpc) is 3.25. The lowest BCUT2D eigenvalue weighted by Crippen LogP contribution is -2.44. The van der Waals surface area contributed by atoms with Gasteiger partial charge in [0.15, 0.2) is 0 Å². The van der Waals surface area contributed by atoms with Gasteiger partial charge >= 0.3 is 0 Å². The normalized spacial score (nSPS) is 24.3. The number of nitrogens with zero attached hydrogens (tertiary/aromatic N) is 1. The van der Waals surface area contributed by atoms with Crippen molar-refractivity contribution >= 4 is 23.4 Å². The highest BCUT2D eigenvalue weighted by molar-refractivity contribution is 6.30. The molecule has 0 bridgehead atoms. The Bertz CT molecular complexity index is 658. The van der Waals surface area contributed by atoms with Gasteiger partial charge in [0.2, 0.25) is 11.8 Å². The second kappa shape index (κ2) is 7.97. The van der Waals surface area contributed by atoms with Crippen molar-refractivity contribution in [3.63, 3.8) is 0 Å². The number of hydrogen-bond acceptors (Lipinski definition) is 3. The molecular weight excluding hydrogens is 350 g/mol. The summed E-state index contributed by atoms with van der Waals surface area (Å²) in [6.07, 6.45) is 5.47. The van der Waals surface area contributed by atoms with Gasteiger partial charge in [-0.3, -0.25) is 14.5 Å². The van der Waals surface area contributed by atoms with Crippen molar-refractivity contribution in [3.8, 4) is 0 Å². The fourth-order valence-corrected chi connectivity index (χ4v) is 4.02. The zero-order valence-electron chi connectivity index (χ0n) is 15.6. The molecule has 2 atom stereocenters. The SMILES string of the molecule is CC(=O)NC[C@H]1CC[C@@H](CC(=O)NC2(Cc3ccc(Cl)cc3)CC2)N1C. The Hall–Kier alpha value is -1.59. The van der Waals surface area contributed by atoms with Crippen LogP contribution < -0.4 is 10.6 Å². The average molecular weight is 378 g/mol. The molecule has 1 heterocycles. The highest BCUT2D eigenvalue weighted by atomic mass is 35.5. The number of halogens is 1. The van der Waals surface area contributed by atoms with E-state index in [4.69, 9.17) is 11.6 Å². The molecule has 6 heteroatoms. The van der Waals surface area contributed by atoms with Crippen molar-refractivity contribution in [1.82, 2.24) is 15.5 Å². The predicted molar refractivity (Wildman–Crippen MR) is 103 cm³/mol. The molecule has 0 radical (unpaired) electrons. The van der Waals surface area contributed by atoms with Gasteiger partial charge in [-0.2, -0.15) is 0 Å². The Morgan fingerprint density at radius 3 is 2.46 bits per heavy atom. The maximum Gasteiger partial charge on any atom is 0.222 e. The molecule has 0 aromatic heterocycles. The quantitative estimate of drug-likeness (QED) is 0.767. The van der Waals surface area contributed by atoms with Crippen LogP contribution in [0.4, 0.5) is 0 Å². The Balaban J connectivity index is 1.48. The molecule has 2 aliphatic rings. The van der Waals surface area contributed by atoms with Gasteiger partial charge in [0, 0.05) is 42.5 Å². The highest BCUT2D eigenvalue weighted by Gasteiger charge is 2.44. The van der Waals surface area contributed by atoms with Crippen LogP contribution in [0.5, 0.6) is 0 Å². The molecule has 142 valence electrons. The minimum absolute atomic E-state index is 0.00234. The molecule has 2 amide bonds. The van der Waals surface area contributed by atoms with E-state index in [1.54, 1.807) is 0 Å². The largest absolute Gasteiger partial charge is 0.355 e. The Labute approximate surface area is 160 Å². The third-order valence-corrected chi connectivity index (χ3v) is 5.96. The summed E-state index contributed by atoms with van der Waals surface area (Å²) in [5.74, 6) is 0.131. The summed E-state index contributed by atoms with van der Waals surface area (Å²) in [5.41, 5.74) is 1.14. The first-order chi connectivity index (χ1) is 12.4. The first-order valence-electron chi connectivity index (χ1n) is 9.39. The van der Waals surface area contributed by atoms with Crippen molar-refractivity contribution < 1.29 is 9.59 Å². The number of hydrogen-bond donors (Lipinski definition) is 2. The van der Waals surface area contributed by atoms with Gasteiger partial charge in [0.1, 0.15) is 0 Å². The molecule has 0 spiro atoms. The second-order valence-corrected chi connectivity index (χ2v) is 8.26. The number of amides is 2. The van der Waals surface area contributed by atoms with E-state index in [-0.39, 0.29) is 23.4 Å². The van der Waals surface area contributed by atoms with Gasteiger partial charge in [-0.05, 0) is 56.8 Å². The van der Waals surface area contributed by atoms with E-state index in [1.807, 2.05) is 24.3 Å². The molecule has 2 N–H and O–H groups in total. The fraction of sp³-hybridized carbons (Fsp3) is 0.600. The van der Waals surface area contributed by atoms with Gasteiger partial charge in [0.25, 0.3) is 0 Å². The van der Waals surface area contributed by atoms with Crippen LogP contribution in [0.2, 0.25) is 5.02 Å². The Morgan fingerprint density at radius 2 is 1.85 bits per heavy atom. The zero-order valence-corrected chi connectivity index (χ0v) is 16.3. The maximum atomic E-state index is 12.6. The minimum Gasteiger partial charge on any atom is -0.355 e. The number of rotatable bonds is 7.